The van der Waals surface area contributed by atoms with Gasteiger partial charge in [0.1, 0.15) is 0 Å². The van der Waals surface area contributed by atoms with Crippen molar-refractivity contribution in [1.82, 2.24) is 9.78 Å². The molecule has 182 valence electrons. The first kappa shape index (κ1) is 23.2. The maximum Gasteiger partial charge on any atom is 0.276 e. The molecule has 5 rings (SSSR count). The average molecular weight is 483 g/mol. The van der Waals surface area contributed by atoms with E-state index in [0.717, 1.165) is 29.9 Å². The molecule has 1 N–H and O–H groups in total. The van der Waals surface area contributed by atoms with Gasteiger partial charge >= 0.3 is 0 Å². The molecule has 1 fully saturated rings. The number of rotatable bonds is 7. The van der Waals surface area contributed by atoms with E-state index in [-0.39, 0.29) is 17.5 Å². The van der Waals surface area contributed by atoms with Crippen LogP contribution in [-0.4, -0.2) is 42.4 Å². The number of nitrogens with one attached hydrogen (secondary N) is 1. The summed E-state index contributed by atoms with van der Waals surface area (Å²) in [6.45, 7) is 0.718. The zero-order chi connectivity index (χ0) is 25.1. The number of hydrogen-bond donors (Lipinski definition) is 1. The lowest BCUT2D eigenvalue weighted by Crippen LogP contribution is -2.23. The maximum absolute atomic E-state index is 13.4. The van der Waals surface area contributed by atoms with E-state index in [4.69, 9.17) is 9.47 Å². The molecule has 0 aliphatic carbocycles. The van der Waals surface area contributed by atoms with Crippen LogP contribution in [-0.2, 0) is 4.79 Å². The number of carbonyl (C=O) groups excluding carboxylic acids is 2. The van der Waals surface area contributed by atoms with E-state index in [1.807, 2.05) is 60.8 Å². The molecule has 2 amide bonds. The second-order valence-electron chi connectivity index (χ2n) is 8.39. The van der Waals surface area contributed by atoms with Crippen LogP contribution in [0.25, 0.3) is 16.8 Å². The Balaban J connectivity index is 1.48. The minimum absolute atomic E-state index is 0.123. The molecule has 0 bridgehead atoms. The van der Waals surface area contributed by atoms with E-state index in [2.05, 4.69) is 10.4 Å². The summed E-state index contributed by atoms with van der Waals surface area (Å²) in [6, 6.07) is 22.4. The van der Waals surface area contributed by atoms with Gasteiger partial charge in [-0.25, -0.2) is 4.68 Å². The summed E-state index contributed by atoms with van der Waals surface area (Å²) in [7, 11) is 3.15. The Bertz CT molecular complexity index is 1400. The zero-order valence-corrected chi connectivity index (χ0v) is 20.1. The molecule has 0 atom stereocenters. The highest BCUT2D eigenvalue weighted by Gasteiger charge is 2.23. The number of ether oxygens (including phenoxy) is 2. The van der Waals surface area contributed by atoms with Crippen LogP contribution in [0.1, 0.15) is 23.3 Å². The Kier molecular flexibility index (Phi) is 6.40. The molecule has 1 aromatic heterocycles. The van der Waals surface area contributed by atoms with E-state index in [9.17, 15) is 9.59 Å². The Labute approximate surface area is 209 Å². The molecule has 36 heavy (non-hydrogen) atoms. The second kappa shape index (κ2) is 9.95. The number of para-hydroxylation sites is 1. The highest BCUT2D eigenvalue weighted by atomic mass is 16.5. The summed E-state index contributed by atoms with van der Waals surface area (Å²) in [5, 5.41) is 7.56. The minimum atomic E-state index is -0.348. The predicted molar refractivity (Wildman–Crippen MR) is 138 cm³/mol. The summed E-state index contributed by atoms with van der Waals surface area (Å²) in [5.41, 5.74) is 3.96. The van der Waals surface area contributed by atoms with Crippen LogP contribution >= 0.6 is 0 Å². The van der Waals surface area contributed by atoms with Gasteiger partial charge in [0.15, 0.2) is 17.2 Å². The van der Waals surface area contributed by atoms with Crippen LogP contribution in [0.2, 0.25) is 0 Å². The van der Waals surface area contributed by atoms with Gasteiger partial charge in [-0.05, 0) is 60.5 Å². The lowest BCUT2D eigenvalue weighted by molar-refractivity contribution is -0.117. The number of nitrogens with zero attached hydrogens (tertiary/aromatic N) is 3. The summed E-state index contributed by atoms with van der Waals surface area (Å²) in [5.74, 6) is 0.928. The fraction of sp³-hybridized carbons (Fsp3) is 0.179. The Morgan fingerprint density at radius 1 is 0.917 bits per heavy atom. The Morgan fingerprint density at radius 2 is 1.67 bits per heavy atom. The van der Waals surface area contributed by atoms with E-state index >= 15 is 0 Å². The molecule has 4 aromatic rings. The number of methoxy groups -OCH3 is 2. The number of hydrogen-bond acceptors (Lipinski definition) is 5. The molecule has 1 saturated heterocycles. The van der Waals surface area contributed by atoms with Crippen molar-refractivity contribution in [2.45, 2.75) is 12.8 Å². The molecule has 0 radical (unpaired) electrons. The van der Waals surface area contributed by atoms with Gasteiger partial charge in [-0.2, -0.15) is 5.10 Å². The van der Waals surface area contributed by atoms with Gasteiger partial charge in [0.05, 0.1) is 19.9 Å². The van der Waals surface area contributed by atoms with Gasteiger partial charge < -0.3 is 19.7 Å². The summed E-state index contributed by atoms with van der Waals surface area (Å²) >= 11 is 0. The van der Waals surface area contributed by atoms with Gasteiger partial charge in [0.2, 0.25) is 5.91 Å². The topological polar surface area (TPSA) is 85.7 Å². The molecule has 0 saturated carbocycles. The third-order valence-electron chi connectivity index (χ3n) is 6.15. The van der Waals surface area contributed by atoms with Gasteiger partial charge in [0.25, 0.3) is 5.91 Å². The number of anilines is 2. The molecule has 1 aliphatic heterocycles. The van der Waals surface area contributed by atoms with Gasteiger partial charge in [-0.15, -0.1) is 0 Å². The van der Waals surface area contributed by atoms with Crippen molar-refractivity contribution in [2.75, 3.05) is 31.0 Å². The molecule has 2 heterocycles. The van der Waals surface area contributed by atoms with E-state index in [0.29, 0.717) is 29.2 Å². The standard InChI is InChI=1S/C28H26N4O4/c1-35-24-15-10-19(17-25(24)36-2)23-18-32(22-7-4-3-5-8-22)30-27(23)28(34)29-20-11-13-21(14-12-20)31-16-6-9-26(31)33/h3-5,7-8,10-15,17-18H,6,9,16H2,1-2H3,(H,29,34). The second-order valence-corrected chi connectivity index (χ2v) is 8.39. The molecule has 8 nitrogen and oxygen atoms in total. The molecule has 1 aliphatic rings. The SMILES string of the molecule is COc1ccc(-c2cn(-c3ccccc3)nc2C(=O)Nc2ccc(N3CCCC3=O)cc2)cc1OC. The highest BCUT2D eigenvalue weighted by Crippen LogP contribution is 2.34. The molecular weight excluding hydrogens is 456 g/mol. The number of aromatic nitrogens is 2. The van der Waals surface area contributed by atoms with Crippen molar-refractivity contribution >= 4 is 23.2 Å². The van der Waals surface area contributed by atoms with Crippen LogP contribution in [0.5, 0.6) is 11.5 Å². The first-order valence-corrected chi connectivity index (χ1v) is 11.7. The van der Waals surface area contributed by atoms with Crippen molar-refractivity contribution in [3.8, 4) is 28.3 Å². The minimum Gasteiger partial charge on any atom is -0.493 e. The monoisotopic (exact) mass is 482 g/mol. The van der Waals surface area contributed by atoms with Gasteiger partial charge in [-0.3, -0.25) is 9.59 Å². The smallest absolute Gasteiger partial charge is 0.276 e. The number of carbonyl (C=O) groups is 2. The maximum atomic E-state index is 13.4. The molecule has 0 unspecified atom stereocenters. The van der Waals surface area contributed by atoms with Crippen LogP contribution < -0.4 is 19.7 Å². The third-order valence-corrected chi connectivity index (χ3v) is 6.15. The van der Waals surface area contributed by atoms with Crippen molar-refractivity contribution in [3.63, 3.8) is 0 Å². The Morgan fingerprint density at radius 3 is 2.33 bits per heavy atom. The molecule has 8 heteroatoms. The van der Waals surface area contributed by atoms with Crippen LogP contribution in [0.4, 0.5) is 11.4 Å². The van der Waals surface area contributed by atoms with Gasteiger partial charge in [0, 0.05) is 36.1 Å². The molecule has 3 aromatic carbocycles. The lowest BCUT2D eigenvalue weighted by Gasteiger charge is -2.16. The Hall–Kier alpha value is -4.59. The van der Waals surface area contributed by atoms with Crippen molar-refractivity contribution in [1.29, 1.82) is 0 Å². The average Bonchev–Trinajstić information content (AvgIpc) is 3.56. The van der Waals surface area contributed by atoms with Crippen LogP contribution in [0, 0.1) is 0 Å². The van der Waals surface area contributed by atoms with E-state index in [1.54, 1.807) is 42.0 Å². The summed E-state index contributed by atoms with van der Waals surface area (Å²) in [6.07, 6.45) is 3.26. The molecule has 0 spiro atoms. The van der Waals surface area contributed by atoms with Crippen LogP contribution in [0.3, 0.4) is 0 Å². The summed E-state index contributed by atoms with van der Waals surface area (Å²) < 4.78 is 12.5. The van der Waals surface area contributed by atoms with Crippen LogP contribution in [0.15, 0.2) is 79.0 Å². The van der Waals surface area contributed by atoms with Crippen molar-refractivity contribution in [2.24, 2.45) is 0 Å². The lowest BCUT2D eigenvalue weighted by atomic mass is 10.1. The fourth-order valence-corrected chi connectivity index (χ4v) is 4.31. The summed E-state index contributed by atoms with van der Waals surface area (Å²) in [4.78, 5) is 27.2. The van der Waals surface area contributed by atoms with Crippen molar-refractivity contribution < 1.29 is 19.1 Å². The first-order valence-electron chi connectivity index (χ1n) is 11.7. The number of amides is 2. The number of benzene rings is 3. The predicted octanol–water partition coefficient (Wildman–Crippen LogP) is 4.94. The van der Waals surface area contributed by atoms with E-state index < -0.39 is 0 Å². The largest absolute Gasteiger partial charge is 0.493 e. The van der Waals surface area contributed by atoms with Gasteiger partial charge in [-0.1, -0.05) is 24.3 Å². The molecular formula is C28H26N4O4. The zero-order valence-electron chi connectivity index (χ0n) is 20.1. The third kappa shape index (κ3) is 4.53. The van der Waals surface area contributed by atoms with E-state index in [1.165, 1.54) is 0 Å². The highest BCUT2D eigenvalue weighted by molar-refractivity contribution is 6.07. The van der Waals surface area contributed by atoms with Crippen molar-refractivity contribution in [3.05, 3.63) is 84.7 Å². The quantitative estimate of drug-likeness (QED) is 0.404. The fourth-order valence-electron chi connectivity index (χ4n) is 4.31. The normalized spacial score (nSPS) is 13.1. The first-order chi connectivity index (χ1) is 17.6.